The van der Waals surface area contributed by atoms with Gasteiger partial charge in [0.2, 0.25) is 5.88 Å². The number of nitrogens with one attached hydrogen (secondary N) is 2. The van der Waals surface area contributed by atoms with Gasteiger partial charge in [-0.15, -0.1) is 0 Å². The lowest BCUT2D eigenvalue weighted by Gasteiger charge is -2.34. The average Bonchev–Trinajstić information content (AvgIpc) is 3.44. The molecule has 0 radical (unpaired) electrons. The molecule has 0 amide bonds. The van der Waals surface area contributed by atoms with Crippen molar-refractivity contribution in [2.75, 3.05) is 13.1 Å². The maximum Gasteiger partial charge on any atom is 0.340 e. The fourth-order valence-corrected chi connectivity index (χ4v) is 4.33. The SMILES string of the molecule is CC=CN1C=CC=CC1N1CC[C@H](Oc2nc(-c3n[nH]c(=O)[nH]3)cc3ccc(Cl)cc23)C1. The van der Waals surface area contributed by atoms with Crippen molar-refractivity contribution >= 4 is 22.4 Å². The van der Waals surface area contributed by atoms with Gasteiger partial charge >= 0.3 is 5.69 Å². The zero-order valence-electron chi connectivity index (χ0n) is 17.5. The van der Waals surface area contributed by atoms with E-state index < -0.39 is 0 Å². The molecule has 1 unspecified atom stereocenters. The van der Waals surface area contributed by atoms with Crippen molar-refractivity contribution in [1.29, 1.82) is 0 Å². The number of fused-ring (bicyclic) bond motifs is 1. The van der Waals surface area contributed by atoms with Crippen LogP contribution in [0.25, 0.3) is 22.3 Å². The summed E-state index contributed by atoms with van der Waals surface area (Å²) < 4.78 is 6.41. The first-order valence-corrected chi connectivity index (χ1v) is 10.9. The molecule has 0 spiro atoms. The Hall–Kier alpha value is -3.36. The molecule has 5 rings (SSSR count). The van der Waals surface area contributed by atoms with Crippen LogP contribution >= 0.6 is 11.6 Å². The highest BCUT2D eigenvalue weighted by molar-refractivity contribution is 6.31. The molecule has 4 heterocycles. The summed E-state index contributed by atoms with van der Waals surface area (Å²) in [4.78, 5) is 23.4. The number of aromatic nitrogens is 4. The number of pyridine rings is 1. The van der Waals surface area contributed by atoms with Gasteiger partial charge < -0.3 is 9.64 Å². The fraction of sp³-hybridized carbons (Fsp3) is 0.261. The smallest absolute Gasteiger partial charge is 0.340 e. The molecule has 1 aromatic carbocycles. The number of aromatic amines is 2. The van der Waals surface area contributed by atoms with E-state index >= 15 is 0 Å². The van der Waals surface area contributed by atoms with Gasteiger partial charge in [0.15, 0.2) is 5.82 Å². The largest absolute Gasteiger partial charge is 0.472 e. The van der Waals surface area contributed by atoms with Gasteiger partial charge in [-0.25, -0.2) is 14.9 Å². The molecule has 9 heteroatoms. The van der Waals surface area contributed by atoms with Crippen LogP contribution in [0.1, 0.15) is 13.3 Å². The standard InChI is InChI=1S/C23H23ClN6O2/c1-2-9-29-10-4-3-5-20(29)30-11-8-17(14-30)32-22-18-13-16(24)7-6-15(18)12-19(25-22)21-26-23(31)28-27-21/h2-7,9-10,12-13,17,20H,8,11,14H2,1H3,(H2,26,27,28,31)/t17-,20?/m0/s1. The summed E-state index contributed by atoms with van der Waals surface area (Å²) in [6, 6.07) is 7.45. The number of allylic oxidation sites excluding steroid dienone is 3. The second kappa shape index (κ2) is 8.64. The molecule has 8 nitrogen and oxygen atoms in total. The van der Waals surface area contributed by atoms with Crippen LogP contribution in [0.2, 0.25) is 5.02 Å². The molecule has 3 aromatic rings. The molecule has 2 aliphatic rings. The van der Waals surface area contributed by atoms with Crippen LogP contribution in [-0.4, -0.2) is 55.3 Å². The Morgan fingerprint density at radius 1 is 1.28 bits per heavy atom. The first kappa shape index (κ1) is 20.5. The van der Waals surface area contributed by atoms with Crippen LogP contribution < -0.4 is 10.4 Å². The normalized spacial score (nSPS) is 21.2. The van der Waals surface area contributed by atoms with Crippen molar-refractivity contribution < 1.29 is 4.74 Å². The Morgan fingerprint density at radius 3 is 3.00 bits per heavy atom. The van der Waals surface area contributed by atoms with Crippen molar-refractivity contribution in [2.45, 2.75) is 25.6 Å². The van der Waals surface area contributed by atoms with Gasteiger partial charge in [0.05, 0.1) is 0 Å². The molecule has 1 saturated heterocycles. The van der Waals surface area contributed by atoms with E-state index in [1.165, 1.54) is 0 Å². The summed E-state index contributed by atoms with van der Waals surface area (Å²) >= 11 is 6.26. The van der Waals surface area contributed by atoms with E-state index in [2.05, 4.69) is 54.5 Å². The third-order valence-corrected chi connectivity index (χ3v) is 5.85. The highest BCUT2D eigenvalue weighted by Crippen LogP contribution is 2.32. The third kappa shape index (κ3) is 4.06. The minimum absolute atomic E-state index is 0.0232. The number of hydrogen-bond donors (Lipinski definition) is 2. The van der Waals surface area contributed by atoms with E-state index in [9.17, 15) is 4.79 Å². The second-order valence-electron chi connectivity index (χ2n) is 7.80. The Morgan fingerprint density at radius 2 is 2.19 bits per heavy atom. The molecule has 164 valence electrons. The zero-order chi connectivity index (χ0) is 22.1. The topological polar surface area (TPSA) is 90.1 Å². The quantitative estimate of drug-likeness (QED) is 0.616. The third-order valence-electron chi connectivity index (χ3n) is 5.61. The lowest BCUT2D eigenvalue weighted by Crippen LogP contribution is -2.42. The van der Waals surface area contributed by atoms with Crippen molar-refractivity contribution in [3.63, 3.8) is 0 Å². The van der Waals surface area contributed by atoms with Gasteiger partial charge in [-0.3, -0.25) is 9.88 Å². The molecule has 2 atom stereocenters. The van der Waals surface area contributed by atoms with Gasteiger partial charge in [0, 0.05) is 35.9 Å². The molecule has 32 heavy (non-hydrogen) atoms. The minimum atomic E-state index is -0.382. The Balaban J connectivity index is 1.42. The minimum Gasteiger partial charge on any atom is -0.472 e. The van der Waals surface area contributed by atoms with Gasteiger partial charge in [-0.1, -0.05) is 29.8 Å². The van der Waals surface area contributed by atoms with E-state index in [1.54, 1.807) is 0 Å². The first-order valence-electron chi connectivity index (χ1n) is 10.5. The molecule has 0 saturated carbocycles. The number of likely N-dealkylation sites (tertiary alicyclic amines) is 1. The van der Waals surface area contributed by atoms with Crippen LogP contribution in [0.15, 0.2) is 65.8 Å². The monoisotopic (exact) mass is 450 g/mol. The number of rotatable bonds is 5. The number of nitrogens with zero attached hydrogens (tertiary/aromatic N) is 4. The Labute approximate surface area is 189 Å². The van der Waals surface area contributed by atoms with Crippen LogP contribution in [0.5, 0.6) is 5.88 Å². The molecule has 0 bridgehead atoms. The molecular formula is C23H23ClN6O2. The van der Waals surface area contributed by atoms with E-state index in [0.717, 1.165) is 30.3 Å². The maximum atomic E-state index is 11.5. The van der Waals surface area contributed by atoms with E-state index in [-0.39, 0.29) is 18.0 Å². The Kier molecular flexibility index (Phi) is 5.55. The first-order chi connectivity index (χ1) is 15.6. The molecule has 2 aliphatic heterocycles. The predicted molar refractivity (Wildman–Crippen MR) is 124 cm³/mol. The lowest BCUT2D eigenvalue weighted by atomic mass is 10.1. The summed E-state index contributed by atoms with van der Waals surface area (Å²) in [6.45, 7) is 3.69. The summed E-state index contributed by atoms with van der Waals surface area (Å²) in [7, 11) is 0. The summed E-state index contributed by atoms with van der Waals surface area (Å²) in [5, 5.41) is 8.74. The summed E-state index contributed by atoms with van der Waals surface area (Å²) in [5.74, 6) is 0.853. The van der Waals surface area contributed by atoms with Crippen LogP contribution in [0.4, 0.5) is 0 Å². The van der Waals surface area contributed by atoms with E-state index in [1.807, 2.05) is 43.3 Å². The number of benzene rings is 1. The summed E-state index contributed by atoms with van der Waals surface area (Å²) in [6.07, 6.45) is 13.5. The predicted octanol–water partition coefficient (Wildman–Crippen LogP) is 3.66. The van der Waals surface area contributed by atoms with Crippen LogP contribution in [0, 0.1) is 0 Å². The fourth-order valence-electron chi connectivity index (χ4n) is 4.16. The van der Waals surface area contributed by atoms with Crippen molar-refractivity contribution in [2.24, 2.45) is 0 Å². The molecule has 0 aliphatic carbocycles. The Bertz CT molecular complexity index is 1280. The van der Waals surface area contributed by atoms with E-state index in [0.29, 0.717) is 22.4 Å². The van der Waals surface area contributed by atoms with E-state index in [4.69, 9.17) is 16.3 Å². The molecule has 1 fully saturated rings. The number of halogens is 1. The number of ether oxygens (including phenoxy) is 1. The van der Waals surface area contributed by atoms with Crippen LogP contribution in [-0.2, 0) is 0 Å². The van der Waals surface area contributed by atoms with Gasteiger partial charge in [0.25, 0.3) is 0 Å². The number of hydrogen-bond acceptors (Lipinski definition) is 6. The van der Waals surface area contributed by atoms with Crippen LogP contribution in [0.3, 0.4) is 0 Å². The highest BCUT2D eigenvalue weighted by atomic mass is 35.5. The van der Waals surface area contributed by atoms with Crippen molar-refractivity contribution in [3.8, 4) is 17.4 Å². The van der Waals surface area contributed by atoms with Gasteiger partial charge in [-0.2, -0.15) is 5.10 Å². The average molecular weight is 451 g/mol. The molecule has 2 aromatic heterocycles. The maximum absolute atomic E-state index is 11.5. The number of H-pyrrole nitrogens is 2. The molecule has 2 N–H and O–H groups in total. The zero-order valence-corrected chi connectivity index (χ0v) is 18.3. The van der Waals surface area contributed by atoms with Crippen molar-refractivity contribution in [3.05, 3.63) is 76.5 Å². The van der Waals surface area contributed by atoms with Crippen molar-refractivity contribution in [1.82, 2.24) is 30.0 Å². The highest BCUT2D eigenvalue weighted by Gasteiger charge is 2.31. The van der Waals surface area contributed by atoms with Gasteiger partial charge in [0.1, 0.15) is 18.0 Å². The summed E-state index contributed by atoms with van der Waals surface area (Å²) in [5.41, 5.74) is 0.148. The van der Waals surface area contributed by atoms with Gasteiger partial charge in [-0.05, 0) is 49.1 Å². The lowest BCUT2D eigenvalue weighted by molar-refractivity contribution is 0.142. The molecular weight excluding hydrogens is 428 g/mol. The second-order valence-corrected chi connectivity index (χ2v) is 8.23.